The van der Waals surface area contributed by atoms with Crippen LogP contribution in [0.2, 0.25) is 0 Å². The Bertz CT molecular complexity index is 639. The molecule has 0 radical (unpaired) electrons. The molecule has 0 amide bonds. The van der Waals surface area contributed by atoms with Crippen molar-refractivity contribution in [1.82, 2.24) is 14.5 Å². The fourth-order valence-electron chi connectivity index (χ4n) is 2.38. The number of aromatic nitrogens is 2. The van der Waals surface area contributed by atoms with Gasteiger partial charge >= 0.3 is 22.2 Å². The van der Waals surface area contributed by atoms with Gasteiger partial charge in [0.15, 0.2) is 0 Å². The smallest absolute Gasteiger partial charge is 0.330 e. The lowest BCUT2D eigenvalue weighted by Gasteiger charge is -2.31. The van der Waals surface area contributed by atoms with Gasteiger partial charge in [-0.1, -0.05) is 5.10 Å². The summed E-state index contributed by atoms with van der Waals surface area (Å²) in [5.41, 5.74) is 0. The lowest BCUT2D eigenvalue weighted by atomic mass is 10.1. The number of carboxylic acid groups (broad SMARTS) is 1. The van der Waals surface area contributed by atoms with Crippen LogP contribution in [0.5, 0.6) is 0 Å². The van der Waals surface area contributed by atoms with E-state index in [1.165, 1.54) is 0 Å². The summed E-state index contributed by atoms with van der Waals surface area (Å²) in [6, 6.07) is -1.27. The van der Waals surface area contributed by atoms with Crippen LogP contribution < -0.4 is 4.72 Å². The summed E-state index contributed by atoms with van der Waals surface area (Å²) in [6.45, 7) is 0.163. The Labute approximate surface area is 121 Å². The highest BCUT2D eigenvalue weighted by Gasteiger charge is 2.38. The molecule has 1 aliphatic carbocycles. The number of carbonyl (C=O) groups is 1. The van der Waals surface area contributed by atoms with Crippen LogP contribution in [0, 0.1) is 0 Å². The first-order chi connectivity index (χ1) is 9.97. The third-order valence-corrected chi connectivity index (χ3v) is 5.12. The van der Waals surface area contributed by atoms with Crippen LogP contribution in [0.3, 0.4) is 0 Å². The lowest BCUT2D eigenvalue weighted by molar-refractivity contribution is -0.142. The monoisotopic (exact) mass is 316 g/mol. The molecule has 2 aliphatic rings. The van der Waals surface area contributed by atoms with Gasteiger partial charge in [-0.15, -0.1) is 5.10 Å². The Morgan fingerprint density at radius 2 is 2.05 bits per heavy atom. The van der Waals surface area contributed by atoms with Crippen LogP contribution in [-0.2, 0) is 15.0 Å². The molecular weight excluding hydrogens is 300 g/mol. The molecular formula is C11H16N4O5S. The SMILES string of the molecule is O=C(O)C1CCCCN1S(=O)(=O)Nc1nnc(C2CC2)o1. The van der Waals surface area contributed by atoms with E-state index in [2.05, 4.69) is 14.9 Å². The summed E-state index contributed by atoms with van der Waals surface area (Å²) in [6.07, 6.45) is 3.54. The molecule has 3 rings (SSSR count). The van der Waals surface area contributed by atoms with E-state index in [1.54, 1.807) is 0 Å². The topological polar surface area (TPSA) is 126 Å². The first-order valence-corrected chi connectivity index (χ1v) is 8.27. The van der Waals surface area contributed by atoms with Gasteiger partial charge in [-0.05, 0) is 32.1 Å². The molecule has 1 aliphatic heterocycles. The number of piperidine rings is 1. The minimum Gasteiger partial charge on any atom is -0.480 e. The number of carboxylic acids is 1. The molecule has 0 bridgehead atoms. The van der Waals surface area contributed by atoms with Gasteiger partial charge in [0.2, 0.25) is 5.89 Å². The molecule has 2 fully saturated rings. The number of nitrogens with one attached hydrogen (secondary N) is 1. The van der Waals surface area contributed by atoms with Crippen molar-refractivity contribution in [2.75, 3.05) is 11.3 Å². The highest BCUT2D eigenvalue weighted by molar-refractivity contribution is 7.90. The van der Waals surface area contributed by atoms with Gasteiger partial charge < -0.3 is 9.52 Å². The highest BCUT2D eigenvalue weighted by atomic mass is 32.2. The van der Waals surface area contributed by atoms with Gasteiger partial charge in [-0.2, -0.15) is 12.7 Å². The van der Waals surface area contributed by atoms with Gasteiger partial charge in [0.1, 0.15) is 6.04 Å². The van der Waals surface area contributed by atoms with Crippen LogP contribution in [0.1, 0.15) is 43.9 Å². The Morgan fingerprint density at radius 3 is 2.71 bits per heavy atom. The van der Waals surface area contributed by atoms with Crippen molar-refractivity contribution in [3.8, 4) is 0 Å². The summed E-state index contributed by atoms with van der Waals surface area (Å²) >= 11 is 0. The van der Waals surface area contributed by atoms with Crippen molar-refractivity contribution in [3.63, 3.8) is 0 Å². The van der Waals surface area contributed by atoms with Crippen molar-refractivity contribution in [3.05, 3.63) is 5.89 Å². The Hall–Kier alpha value is -1.68. The molecule has 1 aromatic rings. The van der Waals surface area contributed by atoms with Crippen molar-refractivity contribution in [1.29, 1.82) is 0 Å². The Kier molecular flexibility index (Phi) is 3.57. The fourth-order valence-corrected chi connectivity index (χ4v) is 3.70. The second kappa shape index (κ2) is 5.26. The molecule has 2 heterocycles. The largest absolute Gasteiger partial charge is 0.480 e. The number of aliphatic carboxylic acids is 1. The molecule has 1 atom stereocenters. The third kappa shape index (κ3) is 3.00. The quantitative estimate of drug-likeness (QED) is 0.812. The number of anilines is 1. The zero-order valence-corrected chi connectivity index (χ0v) is 12.0. The first-order valence-electron chi connectivity index (χ1n) is 6.83. The standard InChI is InChI=1S/C11H16N4O5S/c16-10(17)8-3-1-2-6-15(8)21(18,19)14-11-13-12-9(20-11)7-4-5-7/h7-8H,1-6H2,(H,13,14)(H,16,17). The van der Waals surface area contributed by atoms with E-state index in [0.717, 1.165) is 17.1 Å². The maximum atomic E-state index is 12.3. The average Bonchev–Trinajstić information content (AvgIpc) is 3.20. The average molecular weight is 316 g/mol. The molecule has 1 saturated carbocycles. The van der Waals surface area contributed by atoms with Crippen molar-refractivity contribution in [2.24, 2.45) is 0 Å². The summed E-state index contributed by atoms with van der Waals surface area (Å²) < 4.78 is 32.9. The third-order valence-electron chi connectivity index (χ3n) is 3.63. The Morgan fingerprint density at radius 1 is 1.29 bits per heavy atom. The zero-order chi connectivity index (χ0) is 15.0. The van der Waals surface area contributed by atoms with E-state index in [0.29, 0.717) is 25.2 Å². The van der Waals surface area contributed by atoms with Crippen molar-refractivity contribution >= 4 is 22.2 Å². The molecule has 2 N–H and O–H groups in total. The number of hydrogen-bond acceptors (Lipinski definition) is 6. The van der Waals surface area contributed by atoms with Gasteiger partial charge in [0.25, 0.3) is 0 Å². The number of rotatable bonds is 5. The number of nitrogens with zero attached hydrogens (tertiary/aromatic N) is 3. The van der Waals surface area contributed by atoms with Gasteiger partial charge in [-0.3, -0.25) is 4.79 Å². The summed E-state index contributed by atoms with van der Waals surface area (Å²) in [7, 11) is -4.02. The minimum atomic E-state index is -4.02. The lowest BCUT2D eigenvalue weighted by Crippen LogP contribution is -2.49. The normalized spacial score (nSPS) is 23.9. The van der Waals surface area contributed by atoms with E-state index in [-0.39, 0.29) is 18.5 Å². The Balaban J connectivity index is 1.76. The second-order valence-electron chi connectivity index (χ2n) is 5.29. The number of hydrogen-bond donors (Lipinski definition) is 2. The fraction of sp³-hybridized carbons (Fsp3) is 0.727. The van der Waals surface area contributed by atoms with E-state index in [4.69, 9.17) is 9.52 Å². The van der Waals surface area contributed by atoms with Crippen LogP contribution in [0.4, 0.5) is 6.01 Å². The molecule has 0 spiro atoms. The van der Waals surface area contributed by atoms with Gasteiger partial charge in [0, 0.05) is 12.5 Å². The molecule has 9 nitrogen and oxygen atoms in total. The van der Waals surface area contributed by atoms with Gasteiger partial charge in [0.05, 0.1) is 0 Å². The van der Waals surface area contributed by atoms with E-state index >= 15 is 0 Å². The molecule has 1 aromatic heterocycles. The molecule has 0 aromatic carbocycles. The molecule has 10 heteroatoms. The van der Waals surface area contributed by atoms with E-state index in [1.807, 2.05) is 0 Å². The maximum Gasteiger partial charge on any atom is 0.330 e. The predicted molar refractivity (Wildman–Crippen MR) is 70.8 cm³/mol. The van der Waals surface area contributed by atoms with Crippen LogP contribution in [-0.4, -0.2) is 46.6 Å². The summed E-state index contributed by atoms with van der Waals surface area (Å²) in [5, 5.41) is 16.6. The van der Waals surface area contributed by atoms with Crippen LogP contribution >= 0.6 is 0 Å². The highest BCUT2D eigenvalue weighted by Crippen LogP contribution is 2.39. The van der Waals surface area contributed by atoms with Crippen molar-refractivity contribution < 1.29 is 22.7 Å². The molecule has 116 valence electrons. The van der Waals surface area contributed by atoms with E-state index < -0.39 is 22.2 Å². The minimum absolute atomic E-state index is 0.163. The van der Waals surface area contributed by atoms with Crippen LogP contribution in [0.25, 0.3) is 0 Å². The zero-order valence-electron chi connectivity index (χ0n) is 11.2. The van der Waals surface area contributed by atoms with Crippen molar-refractivity contribution in [2.45, 2.75) is 44.1 Å². The van der Waals surface area contributed by atoms with E-state index in [9.17, 15) is 13.2 Å². The summed E-state index contributed by atoms with van der Waals surface area (Å²) in [4.78, 5) is 11.2. The molecule has 1 unspecified atom stereocenters. The second-order valence-corrected chi connectivity index (χ2v) is 6.91. The van der Waals surface area contributed by atoms with Crippen LogP contribution in [0.15, 0.2) is 4.42 Å². The maximum absolute atomic E-state index is 12.3. The first kappa shape index (κ1) is 14.3. The predicted octanol–water partition coefficient (Wildman–Crippen LogP) is 0.543. The molecule has 21 heavy (non-hydrogen) atoms. The van der Waals surface area contributed by atoms with Gasteiger partial charge in [-0.25, -0.2) is 4.72 Å². The summed E-state index contributed by atoms with van der Waals surface area (Å²) in [5.74, 6) is -0.511. The molecule has 1 saturated heterocycles.